The van der Waals surface area contributed by atoms with E-state index < -0.39 is 0 Å². The molecule has 0 spiro atoms. The second-order valence-corrected chi connectivity index (χ2v) is 1.02. The summed E-state index contributed by atoms with van der Waals surface area (Å²) in [5.74, 6) is 0. The number of hydrogen-bond donors (Lipinski definition) is 0. The predicted molar refractivity (Wildman–Crippen MR) is 81.0 cm³/mol. The van der Waals surface area contributed by atoms with Gasteiger partial charge in [0.25, 0.3) is 0 Å². The molecule has 1 aromatic rings. The maximum atomic E-state index is 3.78. The van der Waals surface area contributed by atoms with Crippen molar-refractivity contribution < 1.29 is 0 Å². The van der Waals surface area contributed by atoms with Crippen LogP contribution in [0.2, 0.25) is 0 Å². The zero-order chi connectivity index (χ0) is 14.2. The molecule has 0 fully saturated rings. The summed E-state index contributed by atoms with van der Waals surface area (Å²) in [5.41, 5.74) is 0. The maximum absolute atomic E-state index is 3.78. The Hall–Kier alpha value is -0.850. The first-order chi connectivity index (χ1) is 8.00. The fraction of sp³-hybridized carbons (Fsp3) is 0.667. The Labute approximate surface area is 105 Å². The van der Waals surface area contributed by atoms with E-state index in [1.807, 2.05) is 87.4 Å². The molecule has 0 radical (unpaired) electrons. The molecule has 1 heteroatoms. The van der Waals surface area contributed by atoms with Crippen molar-refractivity contribution in [2.75, 3.05) is 0 Å². The second-order valence-electron chi connectivity index (χ2n) is 1.02. The molecule has 0 atom stereocenters. The number of hydrogen-bond acceptors (Lipinski definition) is 1. The monoisotopic (exact) mass is 229 g/mol. The van der Waals surface area contributed by atoms with Crippen LogP contribution in [-0.2, 0) is 0 Å². The zero-order valence-corrected chi connectivity index (χ0v) is 13.3. The number of aromatic nitrogens is 1. The van der Waals surface area contributed by atoms with Gasteiger partial charge in [-0.15, -0.1) is 0 Å². The summed E-state index contributed by atoms with van der Waals surface area (Å²) in [6.07, 6.45) is 3.50. The van der Waals surface area contributed by atoms with Crippen molar-refractivity contribution in [3.63, 3.8) is 0 Å². The highest BCUT2D eigenvalue weighted by Crippen LogP contribution is 1.73. The molecule has 0 aliphatic heterocycles. The van der Waals surface area contributed by atoms with Gasteiger partial charge < -0.3 is 0 Å². The normalized spacial score (nSPS) is 4.88. The first-order valence-corrected chi connectivity index (χ1v) is 6.85. The van der Waals surface area contributed by atoms with E-state index in [0.717, 1.165) is 0 Å². The van der Waals surface area contributed by atoms with Gasteiger partial charge in [-0.05, 0) is 12.1 Å². The van der Waals surface area contributed by atoms with E-state index in [-0.39, 0.29) is 0 Å². The van der Waals surface area contributed by atoms with Crippen LogP contribution in [0.15, 0.2) is 30.6 Å². The van der Waals surface area contributed by atoms with Crippen molar-refractivity contribution in [3.05, 3.63) is 30.6 Å². The minimum Gasteiger partial charge on any atom is -0.265 e. The van der Waals surface area contributed by atoms with Crippen LogP contribution in [-0.4, -0.2) is 4.98 Å². The second kappa shape index (κ2) is 92.3. The first kappa shape index (κ1) is 29.4. The van der Waals surface area contributed by atoms with Gasteiger partial charge in [0, 0.05) is 12.4 Å². The molecule has 0 aromatic carbocycles. The molecule has 100 valence electrons. The van der Waals surface area contributed by atoms with Crippen molar-refractivity contribution in [3.8, 4) is 0 Å². The highest BCUT2D eigenvalue weighted by Gasteiger charge is 1.58. The van der Waals surface area contributed by atoms with E-state index in [9.17, 15) is 0 Å². The lowest BCUT2D eigenvalue weighted by Gasteiger charge is -1.70. The summed E-state index contributed by atoms with van der Waals surface area (Å²) in [4.78, 5) is 3.78. The Morgan fingerprint density at radius 3 is 0.750 bits per heavy atom. The molecular weight excluding hydrogens is 194 g/mol. The van der Waals surface area contributed by atoms with Crippen molar-refractivity contribution in [2.24, 2.45) is 0 Å². The molecule has 1 nitrogen and oxygen atoms in total. The number of nitrogens with zero attached hydrogens (tertiary/aromatic N) is 1. The standard InChI is InChI=1S/C5H5N.5C2H6/c1-2-4-6-5-3-1;5*1-2/h1-5H;5*1-2H3. The smallest absolute Gasteiger partial charge is 0.0267 e. The largest absolute Gasteiger partial charge is 0.265 e. The molecule has 1 aromatic heterocycles. The molecule has 0 aliphatic rings. The van der Waals surface area contributed by atoms with E-state index in [1.165, 1.54) is 0 Å². The molecule has 0 unspecified atom stereocenters. The average Bonchev–Trinajstić information content (AvgIpc) is 2.51. The van der Waals surface area contributed by atoms with Gasteiger partial charge in [0.2, 0.25) is 0 Å². The lowest BCUT2D eigenvalue weighted by molar-refractivity contribution is 1.33. The van der Waals surface area contributed by atoms with E-state index >= 15 is 0 Å². The fourth-order valence-corrected chi connectivity index (χ4v) is 0.313. The zero-order valence-electron chi connectivity index (χ0n) is 13.3. The van der Waals surface area contributed by atoms with Crippen molar-refractivity contribution in [2.45, 2.75) is 69.2 Å². The lowest BCUT2D eigenvalue weighted by atomic mass is 10.5. The van der Waals surface area contributed by atoms with E-state index in [2.05, 4.69) is 4.98 Å². The van der Waals surface area contributed by atoms with Crippen molar-refractivity contribution in [1.29, 1.82) is 0 Å². The molecule has 0 amide bonds. The van der Waals surface area contributed by atoms with E-state index in [0.29, 0.717) is 0 Å². The Bertz CT molecular complexity index is 77.4. The number of rotatable bonds is 0. The van der Waals surface area contributed by atoms with Crippen LogP contribution in [0, 0.1) is 0 Å². The molecule has 0 N–H and O–H groups in total. The summed E-state index contributed by atoms with van der Waals surface area (Å²) < 4.78 is 0. The first-order valence-electron chi connectivity index (χ1n) is 6.85. The van der Waals surface area contributed by atoms with Gasteiger partial charge in [0.05, 0.1) is 0 Å². The quantitative estimate of drug-likeness (QED) is 0.515. The van der Waals surface area contributed by atoms with Gasteiger partial charge in [-0.3, -0.25) is 4.98 Å². The average molecular weight is 229 g/mol. The third-order valence-corrected chi connectivity index (χ3v) is 0.566. The number of pyridine rings is 1. The molecule has 0 saturated carbocycles. The fourth-order valence-electron chi connectivity index (χ4n) is 0.313. The topological polar surface area (TPSA) is 12.9 Å². The third-order valence-electron chi connectivity index (χ3n) is 0.566. The summed E-state index contributed by atoms with van der Waals surface area (Å²) in [7, 11) is 0. The summed E-state index contributed by atoms with van der Waals surface area (Å²) in [6.45, 7) is 20.0. The highest BCUT2D eigenvalue weighted by atomic mass is 14.6. The third kappa shape index (κ3) is 73.2. The molecule has 1 heterocycles. The minimum absolute atomic E-state index is 1.75. The molecule has 0 aliphatic carbocycles. The Morgan fingerprint density at radius 1 is 0.438 bits per heavy atom. The van der Waals surface area contributed by atoms with Crippen molar-refractivity contribution >= 4 is 0 Å². The molecular formula is C15H35N. The Balaban J connectivity index is -0.0000000351. The summed E-state index contributed by atoms with van der Waals surface area (Å²) >= 11 is 0. The molecule has 16 heavy (non-hydrogen) atoms. The van der Waals surface area contributed by atoms with Gasteiger partial charge in [-0.1, -0.05) is 75.3 Å². The van der Waals surface area contributed by atoms with Gasteiger partial charge in [-0.25, -0.2) is 0 Å². The van der Waals surface area contributed by atoms with Crippen LogP contribution in [0.3, 0.4) is 0 Å². The molecule has 0 saturated heterocycles. The summed E-state index contributed by atoms with van der Waals surface area (Å²) in [5, 5.41) is 0. The van der Waals surface area contributed by atoms with Crippen LogP contribution in [0.25, 0.3) is 0 Å². The van der Waals surface area contributed by atoms with Crippen LogP contribution in [0.4, 0.5) is 0 Å². The van der Waals surface area contributed by atoms with E-state index in [1.54, 1.807) is 12.4 Å². The van der Waals surface area contributed by atoms with Crippen molar-refractivity contribution in [1.82, 2.24) is 4.98 Å². The Kier molecular flexibility index (Phi) is 170. The van der Waals surface area contributed by atoms with Crippen LogP contribution < -0.4 is 0 Å². The van der Waals surface area contributed by atoms with Crippen LogP contribution in [0.1, 0.15) is 69.2 Å². The Morgan fingerprint density at radius 2 is 0.688 bits per heavy atom. The van der Waals surface area contributed by atoms with Crippen LogP contribution in [0.5, 0.6) is 0 Å². The van der Waals surface area contributed by atoms with Gasteiger partial charge in [-0.2, -0.15) is 0 Å². The van der Waals surface area contributed by atoms with Gasteiger partial charge in [0.1, 0.15) is 0 Å². The van der Waals surface area contributed by atoms with E-state index in [4.69, 9.17) is 0 Å². The van der Waals surface area contributed by atoms with Gasteiger partial charge in [0.15, 0.2) is 0 Å². The lowest BCUT2D eigenvalue weighted by Crippen LogP contribution is -1.58. The predicted octanol–water partition coefficient (Wildman–Crippen LogP) is 6.21. The van der Waals surface area contributed by atoms with Crippen LogP contribution >= 0.6 is 0 Å². The van der Waals surface area contributed by atoms with Gasteiger partial charge >= 0.3 is 0 Å². The minimum atomic E-state index is 1.75. The SMILES string of the molecule is CC.CC.CC.CC.CC.c1ccncc1. The molecule has 1 rings (SSSR count). The highest BCUT2D eigenvalue weighted by molar-refractivity contribution is 4.88. The summed E-state index contributed by atoms with van der Waals surface area (Å²) in [6, 6.07) is 5.72. The molecule has 0 bridgehead atoms. The maximum Gasteiger partial charge on any atom is 0.0267 e.